The van der Waals surface area contributed by atoms with Gasteiger partial charge in [0.15, 0.2) is 0 Å². The quantitative estimate of drug-likeness (QED) is 0.919. The van der Waals surface area contributed by atoms with E-state index in [2.05, 4.69) is 12.2 Å². The van der Waals surface area contributed by atoms with Crippen LogP contribution >= 0.6 is 0 Å². The van der Waals surface area contributed by atoms with E-state index in [0.29, 0.717) is 5.92 Å². The SMILES string of the molecule is COc1ccc(NC(=O)[C@]2(OC)CCC[C@@H](C)C2)cc1. The van der Waals surface area contributed by atoms with E-state index in [-0.39, 0.29) is 5.91 Å². The van der Waals surface area contributed by atoms with Crippen molar-refractivity contribution in [1.82, 2.24) is 0 Å². The number of methoxy groups -OCH3 is 2. The summed E-state index contributed by atoms with van der Waals surface area (Å²) in [4.78, 5) is 12.6. The molecular formula is C16H23NO3. The molecule has 1 aliphatic carbocycles. The second-order valence-corrected chi connectivity index (χ2v) is 5.58. The Morgan fingerprint density at radius 1 is 1.30 bits per heavy atom. The minimum absolute atomic E-state index is 0.0447. The average molecular weight is 277 g/mol. The van der Waals surface area contributed by atoms with Crippen molar-refractivity contribution in [1.29, 1.82) is 0 Å². The summed E-state index contributed by atoms with van der Waals surface area (Å²) in [6.07, 6.45) is 3.77. The number of carbonyl (C=O) groups excluding carboxylic acids is 1. The molecule has 0 saturated heterocycles. The van der Waals surface area contributed by atoms with E-state index in [1.165, 1.54) is 6.42 Å². The smallest absolute Gasteiger partial charge is 0.256 e. The number of nitrogens with one attached hydrogen (secondary N) is 1. The van der Waals surface area contributed by atoms with Crippen LogP contribution in [0.25, 0.3) is 0 Å². The van der Waals surface area contributed by atoms with Gasteiger partial charge in [-0.15, -0.1) is 0 Å². The minimum atomic E-state index is -0.683. The minimum Gasteiger partial charge on any atom is -0.497 e. The molecule has 1 aromatic rings. The first-order chi connectivity index (χ1) is 9.59. The summed E-state index contributed by atoms with van der Waals surface area (Å²) in [5.41, 5.74) is 0.0860. The van der Waals surface area contributed by atoms with Crippen molar-refractivity contribution in [3.05, 3.63) is 24.3 Å². The van der Waals surface area contributed by atoms with Crippen molar-refractivity contribution in [2.45, 2.75) is 38.2 Å². The molecule has 2 atom stereocenters. The van der Waals surface area contributed by atoms with Gasteiger partial charge in [-0.3, -0.25) is 4.79 Å². The second kappa shape index (κ2) is 6.27. The van der Waals surface area contributed by atoms with Crippen molar-refractivity contribution >= 4 is 11.6 Å². The molecule has 0 heterocycles. The molecular weight excluding hydrogens is 254 g/mol. The van der Waals surface area contributed by atoms with Crippen LogP contribution in [0.4, 0.5) is 5.69 Å². The van der Waals surface area contributed by atoms with Crippen LogP contribution in [0, 0.1) is 5.92 Å². The Bertz CT molecular complexity index is 457. The maximum Gasteiger partial charge on any atom is 0.256 e. The molecule has 4 heteroatoms. The van der Waals surface area contributed by atoms with E-state index >= 15 is 0 Å². The molecule has 0 radical (unpaired) electrons. The highest BCUT2D eigenvalue weighted by atomic mass is 16.5. The Morgan fingerprint density at radius 3 is 2.55 bits per heavy atom. The lowest BCUT2D eigenvalue weighted by molar-refractivity contribution is -0.143. The molecule has 1 fully saturated rings. The van der Waals surface area contributed by atoms with Gasteiger partial charge in [-0.1, -0.05) is 13.3 Å². The summed E-state index contributed by atoms with van der Waals surface area (Å²) in [7, 11) is 3.25. The van der Waals surface area contributed by atoms with Crippen LogP contribution in [0.1, 0.15) is 32.6 Å². The summed E-state index contributed by atoms with van der Waals surface area (Å²) in [5, 5.41) is 2.96. The van der Waals surface area contributed by atoms with Crippen LogP contribution in [-0.4, -0.2) is 25.7 Å². The summed E-state index contributed by atoms with van der Waals surface area (Å²) in [5.74, 6) is 1.25. The number of carbonyl (C=O) groups is 1. The molecule has 110 valence electrons. The van der Waals surface area contributed by atoms with E-state index in [1.807, 2.05) is 24.3 Å². The van der Waals surface area contributed by atoms with Gasteiger partial charge < -0.3 is 14.8 Å². The molecule has 1 amide bonds. The summed E-state index contributed by atoms with van der Waals surface area (Å²) >= 11 is 0. The van der Waals surface area contributed by atoms with Crippen LogP contribution in [0.3, 0.4) is 0 Å². The van der Waals surface area contributed by atoms with Gasteiger partial charge in [0, 0.05) is 12.8 Å². The molecule has 4 nitrogen and oxygen atoms in total. The molecule has 0 unspecified atom stereocenters. The predicted octanol–water partition coefficient (Wildman–Crippen LogP) is 3.23. The van der Waals surface area contributed by atoms with Gasteiger partial charge in [0.1, 0.15) is 11.4 Å². The highest BCUT2D eigenvalue weighted by Crippen LogP contribution is 2.35. The van der Waals surface area contributed by atoms with Gasteiger partial charge >= 0.3 is 0 Å². The van der Waals surface area contributed by atoms with Gasteiger partial charge in [-0.05, 0) is 49.4 Å². The fourth-order valence-corrected chi connectivity index (χ4v) is 2.91. The third-order valence-electron chi connectivity index (χ3n) is 4.11. The van der Waals surface area contributed by atoms with E-state index in [1.54, 1.807) is 14.2 Å². The monoisotopic (exact) mass is 277 g/mol. The number of hydrogen-bond donors (Lipinski definition) is 1. The first-order valence-corrected chi connectivity index (χ1v) is 7.10. The first-order valence-electron chi connectivity index (χ1n) is 7.10. The molecule has 1 aromatic carbocycles. The Labute approximate surface area is 120 Å². The number of rotatable bonds is 4. The number of benzene rings is 1. The Balaban J connectivity index is 2.08. The topological polar surface area (TPSA) is 47.6 Å². The predicted molar refractivity (Wildman–Crippen MR) is 79.0 cm³/mol. The highest BCUT2D eigenvalue weighted by Gasteiger charge is 2.41. The molecule has 0 spiro atoms. The van der Waals surface area contributed by atoms with Crippen LogP contribution in [0.2, 0.25) is 0 Å². The third-order valence-corrected chi connectivity index (χ3v) is 4.11. The van der Waals surface area contributed by atoms with Gasteiger partial charge in [-0.2, -0.15) is 0 Å². The average Bonchev–Trinajstić information content (AvgIpc) is 2.47. The second-order valence-electron chi connectivity index (χ2n) is 5.58. The van der Waals surface area contributed by atoms with Crippen molar-refractivity contribution in [3.63, 3.8) is 0 Å². The van der Waals surface area contributed by atoms with E-state index in [9.17, 15) is 4.79 Å². The van der Waals surface area contributed by atoms with E-state index in [0.717, 1.165) is 30.7 Å². The van der Waals surface area contributed by atoms with Crippen molar-refractivity contribution in [2.24, 2.45) is 5.92 Å². The van der Waals surface area contributed by atoms with Gasteiger partial charge in [0.05, 0.1) is 7.11 Å². The normalized spacial score (nSPS) is 26.1. The van der Waals surface area contributed by atoms with E-state index < -0.39 is 5.60 Å². The molecule has 0 aromatic heterocycles. The summed E-state index contributed by atoms with van der Waals surface area (Å²) in [6.45, 7) is 2.17. The van der Waals surface area contributed by atoms with Crippen molar-refractivity contribution in [2.75, 3.05) is 19.5 Å². The van der Waals surface area contributed by atoms with Gasteiger partial charge in [0.25, 0.3) is 5.91 Å². The maximum atomic E-state index is 12.6. The zero-order valence-electron chi connectivity index (χ0n) is 12.4. The van der Waals surface area contributed by atoms with E-state index in [4.69, 9.17) is 9.47 Å². The third kappa shape index (κ3) is 3.12. The van der Waals surface area contributed by atoms with Crippen LogP contribution in [0.15, 0.2) is 24.3 Å². The zero-order valence-corrected chi connectivity index (χ0v) is 12.4. The molecule has 1 saturated carbocycles. The Hall–Kier alpha value is -1.55. The number of anilines is 1. The molecule has 1 aliphatic rings. The van der Waals surface area contributed by atoms with Crippen molar-refractivity contribution < 1.29 is 14.3 Å². The highest BCUT2D eigenvalue weighted by molar-refractivity contribution is 5.97. The molecule has 2 rings (SSSR count). The van der Waals surface area contributed by atoms with Crippen LogP contribution in [0.5, 0.6) is 5.75 Å². The molecule has 20 heavy (non-hydrogen) atoms. The standard InChI is InChI=1S/C16H23NO3/c1-12-5-4-10-16(11-12,20-3)15(18)17-13-6-8-14(19-2)9-7-13/h6-9,12H,4-5,10-11H2,1-3H3,(H,17,18)/t12-,16+/m1/s1. The number of amides is 1. The largest absolute Gasteiger partial charge is 0.497 e. The Kier molecular flexibility index (Phi) is 4.65. The lowest BCUT2D eigenvalue weighted by atomic mass is 9.78. The molecule has 0 bridgehead atoms. The fourth-order valence-electron chi connectivity index (χ4n) is 2.91. The molecule has 0 aliphatic heterocycles. The lowest BCUT2D eigenvalue weighted by Gasteiger charge is -2.37. The zero-order chi connectivity index (χ0) is 14.6. The van der Waals surface area contributed by atoms with Crippen LogP contribution < -0.4 is 10.1 Å². The van der Waals surface area contributed by atoms with Gasteiger partial charge in [-0.25, -0.2) is 0 Å². The Morgan fingerprint density at radius 2 is 2.00 bits per heavy atom. The fraction of sp³-hybridized carbons (Fsp3) is 0.562. The van der Waals surface area contributed by atoms with Crippen LogP contribution in [-0.2, 0) is 9.53 Å². The first kappa shape index (κ1) is 14.9. The maximum absolute atomic E-state index is 12.6. The summed E-state index contributed by atoms with van der Waals surface area (Å²) in [6, 6.07) is 7.34. The van der Waals surface area contributed by atoms with Gasteiger partial charge in [0.2, 0.25) is 0 Å². The summed E-state index contributed by atoms with van der Waals surface area (Å²) < 4.78 is 10.7. The number of hydrogen-bond acceptors (Lipinski definition) is 3. The lowest BCUT2D eigenvalue weighted by Crippen LogP contribution is -2.47. The van der Waals surface area contributed by atoms with Crippen molar-refractivity contribution in [3.8, 4) is 5.75 Å². The molecule has 1 N–H and O–H groups in total. The number of ether oxygens (including phenoxy) is 2.